The van der Waals surface area contributed by atoms with Crippen molar-refractivity contribution in [3.05, 3.63) is 23.9 Å². The molecule has 9 nitrogen and oxygen atoms in total. The van der Waals surface area contributed by atoms with Crippen LogP contribution in [0.25, 0.3) is 0 Å². The molecule has 0 aromatic rings. The Labute approximate surface area is 169 Å². The molecular formula is C20H28N2O7. The highest BCUT2D eigenvalue weighted by molar-refractivity contribution is 5.99. The number of β-lactam (4-membered cyclic amide) rings is 1. The van der Waals surface area contributed by atoms with Crippen molar-refractivity contribution in [1.82, 2.24) is 9.80 Å². The molecular weight excluding hydrogens is 380 g/mol. The van der Waals surface area contributed by atoms with Gasteiger partial charge in [-0.15, -0.1) is 0 Å². The van der Waals surface area contributed by atoms with Crippen LogP contribution in [0, 0.1) is 11.8 Å². The Hall–Kier alpha value is -2.39. The van der Waals surface area contributed by atoms with E-state index in [1.807, 2.05) is 0 Å². The molecule has 3 heterocycles. The number of rotatable bonds is 8. The number of fused-ring (bicyclic) bond motifs is 1. The minimum absolute atomic E-state index is 0.0351. The number of hydrogen-bond donors (Lipinski definition) is 2. The minimum Gasteiger partial charge on any atom is -0.477 e. The molecule has 0 radical (unpaired) electrons. The molecule has 9 heteroatoms. The van der Waals surface area contributed by atoms with Gasteiger partial charge in [0, 0.05) is 13.7 Å². The van der Waals surface area contributed by atoms with Crippen LogP contribution >= 0.6 is 0 Å². The minimum atomic E-state index is -1.13. The normalized spacial score (nSPS) is 29.6. The second kappa shape index (κ2) is 8.54. The lowest BCUT2D eigenvalue weighted by Crippen LogP contribution is -2.61. The number of nitrogens with zero attached hydrogens (tertiary/aromatic N) is 2. The average molecular weight is 408 g/mol. The Morgan fingerprint density at radius 1 is 1.41 bits per heavy atom. The van der Waals surface area contributed by atoms with Gasteiger partial charge in [-0.05, 0) is 37.7 Å². The van der Waals surface area contributed by atoms with Crippen molar-refractivity contribution in [2.75, 3.05) is 26.9 Å². The van der Waals surface area contributed by atoms with E-state index in [4.69, 9.17) is 9.47 Å². The summed E-state index contributed by atoms with van der Waals surface area (Å²) in [6, 6.07) is -0.449. The summed E-state index contributed by atoms with van der Waals surface area (Å²) in [5.74, 6) is -1.99. The molecule has 2 saturated heterocycles. The molecule has 0 aliphatic carbocycles. The van der Waals surface area contributed by atoms with Crippen LogP contribution in [0.4, 0.5) is 4.79 Å². The zero-order chi connectivity index (χ0) is 21.3. The number of aliphatic hydroxyl groups is 1. The number of amides is 2. The van der Waals surface area contributed by atoms with Gasteiger partial charge in [0.15, 0.2) is 0 Å². The fourth-order valence-corrected chi connectivity index (χ4v) is 4.84. The van der Waals surface area contributed by atoms with E-state index in [9.17, 15) is 24.6 Å². The van der Waals surface area contributed by atoms with Gasteiger partial charge in [0.25, 0.3) is 0 Å². The molecule has 2 N–H and O–H groups in total. The van der Waals surface area contributed by atoms with Crippen LogP contribution in [0.1, 0.15) is 26.2 Å². The molecule has 0 spiro atoms. The molecule has 0 bridgehead atoms. The van der Waals surface area contributed by atoms with E-state index in [2.05, 4.69) is 6.58 Å². The van der Waals surface area contributed by atoms with Crippen molar-refractivity contribution >= 4 is 18.0 Å². The van der Waals surface area contributed by atoms with Gasteiger partial charge in [-0.1, -0.05) is 12.7 Å². The Bertz CT molecular complexity index is 732. The van der Waals surface area contributed by atoms with Crippen LogP contribution in [-0.2, 0) is 19.1 Å². The number of carbonyl (C=O) groups excluding carboxylic acids is 2. The summed E-state index contributed by atoms with van der Waals surface area (Å²) in [7, 11) is 1.56. The molecule has 3 aliphatic rings. The van der Waals surface area contributed by atoms with Gasteiger partial charge in [0.05, 0.1) is 30.7 Å². The summed E-state index contributed by atoms with van der Waals surface area (Å²) in [5, 5.41) is 19.5. The highest BCUT2D eigenvalue weighted by Gasteiger charge is 2.56. The lowest BCUT2D eigenvalue weighted by Gasteiger charge is -2.44. The first-order valence-corrected chi connectivity index (χ1v) is 9.79. The van der Waals surface area contributed by atoms with Crippen molar-refractivity contribution in [3.63, 3.8) is 0 Å². The summed E-state index contributed by atoms with van der Waals surface area (Å²) < 4.78 is 10.4. The molecule has 2 fully saturated rings. The molecule has 0 aromatic carbocycles. The standard InChI is InChI=1S/C20H28N2O7/c1-4-5-29-20(27)21-9-12(7-14(21)10-28-3)6-13-8-15-16(11(2)23)18(24)22(15)17(13)19(25)26/h4,11-12,14-16,23H,1,5-10H2,2-3H3,(H,25,26)/t11-,12?,14+,15-,16-/m1/s1. The van der Waals surface area contributed by atoms with Gasteiger partial charge < -0.3 is 29.5 Å². The van der Waals surface area contributed by atoms with Crippen LogP contribution in [0.5, 0.6) is 0 Å². The van der Waals surface area contributed by atoms with E-state index in [0.717, 1.165) is 0 Å². The molecule has 29 heavy (non-hydrogen) atoms. The first-order valence-electron chi connectivity index (χ1n) is 9.79. The number of ether oxygens (including phenoxy) is 2. The topological polar surface area (TPSA) is 117 Å². The lowest BCUT2D eigenvalue weighted by molar-refractivity contribution is -0.161. The van der Waals surface area contributed by atoms with Gasteiger partial charge >= 0.3 is 12.1 Å². The number of methoxy groups -OCH3 is 1. The molecule has 0 aromatic heterocycles. The van der Waals surface area contributed by atoms with Crippen molar-refractivity contribution in [3.8, 4) is 0 Å². The van der Waals surface area contributed by atoms with E-state index in [1.54, 1.807) is 18.9 Å². The first kappa shape index (κ1) is 21.3. The number of likely N-dealkylation sites (tertiary alicyclic amines) is 1. The van der Waals surface area contributed by atoms with Crippen molar-refractivity contribution in [1.29, 1.82) is 0 Å². The van der Waals surface area contributed by atoms with E-state index in [0.29, 0.717) is 38.0 Å². The van der Waals surface area contributed by atoms with Crippen LogP contribution in [0.2, 0.25) is 0 Å². The fraction of sp³-hybridized carbons (Fsp3) is 0.650. The fourth-order valence-electron chi connectivity index (χ4n) is 4.84. The summed E-state index contributed by atoms with van der Waals surface area (Å²) in [6.07, 6.45) is 1.81. The first-order chi connectivity index (χ1) is 13.8. The van der Waals surface area contributed by atoms with Crippen LogP contribution in [0.3, 0.4) is 0 Å². The second-order valence-corrected chi connectivity index (χ2v) is 7.94. The highest BCUT2D eigenvalue weighted by Crippen LogP contribution is 2.46. The third-order valence-corrected chi connectivity index (χ3v) is 5.98. The van der Waals surface area contributed by atoms with E-state index < -0.39 is 24.1 Å². The third kappa shape index (κ3) is 3.89. The largest absolute Gasteiger partial charge is 0.477 e. The quantitative estimate of drug-likeness (QED) is 0.454. The van der Waals surface area contributed by atoms with Gasteiger partial charge in [-0.25, -0.2) is 9.59 Å². The average Bonchev–Trinajstić information content (AvgIpc) is 3.19. The van der Waals surface area contributed by atoms with Gasteiger partial charge in [0.2, 0.25) is 5.91 Å². The zero-order valence-corrected chi connectivity index (χ0v) is 16.7. The Kier molecular flexibility index (Phi) is 6.28. The second-order valence-electron chi connectivity index (χ2n) is 7.94. The predicted molar refractivity (Wildman–Crippen MR) is 102 cm³/mol. The van der Waals surface area contributed by atoms with E-state index in [-0.39, 0.29) is 36.2 Å². The maximum atomic E-state index is 12.3. The van der Waals surface area contributed by atoms with Crippen molar-refractivity contribution in [2.24, 2.45) is 11.8 Å². The number of aliphatic carboxylic acids is 1. The predicted octanol–water partition coefficient (Wildman–Crippen LogP) is 0.986. The van der Waals surface area contributed by atoms with Gasteiger partial charge in [-0.2, -0.15) is 0 Å². The van der Waals surface area contributed by atoms with Crippen LogP contribution in [-0.4, -0.2) is 83.0 Å². The van der Waals surface area contributed by atoms with E-state index in [1.165, 1.54) is 11.0 Å². The monoisotopic (exact) mass is 408 g/mol. The Morgan fingerprint density at radius 3 is 2.72 bits per heavy atom. The van der Waals surface area contributed by atoms with Crippen molar-refractivity contribution in [2.45, 2.75) is 44.4 Å². The molecule has 160 valence electrons. The van der Waals surface area contributed by atoms with Crippen LogP contribution in [0.15, 0.2) is 23.9 Å². The summed E-state index contributed by atoms with van der Waals surface area (Å²) >= 11 is 0. The SMILES string of the molecule is C=CCOC(=O)N1CC(CC2=C(C(=O)O)N3C(=O)[C@H]([C@@H](C)O)[C@H]3C2)C[C@H]1COC. The number of carbonyl (C=O) groups is 3. The van der Waals surface area contributed by atoms with Gasteiger partial charge in [0.1, 0.15) is 12.3 Å². The molecule has 3 rings (SSSR count). The summed E-state index contributed by atoms with van der Waals surface area (Å²) in [6.45, 7) is 6.00. The maximum absolute atomic E-state index is 12.3. The molecule has 3 aliphatic heterocycles. The molecule has 2 amide bonds. The smallest absolute Gasteiger partial charge is 0.410 e. The van der Waals surface area contributed by atoms with Crippen LogP contribution < -0.4 is 0 Å². The Morgan fingerprint density at radius 2 is 2.14 bits per heavy atom. The molecule has 1 unspecified atom stereocenters. The van der Waals surface area contributed by atoms with Crippen molar-refractivity contribution < 1.29 is 34.1 Å². The number of carboxylic acid groups (broad SMARTS) is 1. The third-order valence-electron chi connectivity index (χ3n) is 5.98. The Balaban J connectivity index is 1.73. The van der Waals surface area contributed by atoms with Gasteiger partial charge in [-0.3, -0.25) is 4.79 Å². The summed E-state index contributed by atoms with van der Waals surface area (Å²) in [5.41, 5.74) is 0.731. The number of aliphatic hydroxyl groups excluding tert-OH is 1. The highest BCUT2D eigenvalue weighted by atomic mass is 16.6. The number of hydrogen-bond acceptors (Lipinski definition) is 6. The summed E-state index contributed by atoms with van der Waals surface area (Å²) in [4.78, 5) is 39.4. The molecule has 5 atom stereocenters. The zero-order valence-electron chi connectivity index (χ0n) is 16.7. The maximum Gasteiger partial charge on any atom is 0.410 e. The van der Waals surface area contributed by atoms with E-state index >= 15 is 0 Å². The molecule has 0 saturated carbocycles. The lowest BCUT2D eigenvalue weighted by atomic mass is 9.82. The number of carboxylic acids is 1.